The molecule has 0 fully saturated rings. The van der Waals surface area contributed by atoms with Crippen molar-refractivity contribution in [2.75, 3.05) is 0 Å². The highest BCUT2D eigenvalue weighted by Gasteiger charge is 1.87. The third-order valence-electron chi connectivity index (χ3n) is 0.757. The van der Waals surface area contributed by atoms with Gasteiger partial charge in [0.15, 0.2) is 0 Å². The van der Waals surface area contributed by atoms with Crippen LogP contribution in [0.5, 0.6) is 0 Å². The third kappa shape index (κ3) is 16.2. The molecule has 0 saturated heterocycles. The maximum Gasteiger partial charge on any atom is 0.118 e. The van der Waals surface area contributed by atoms with Gasteiger partial charge in [0.25, 0.3) is 0 Å². The van der Waals surface area contributed by atoms with Crippen LogP contribution in [0.15, 0.2) is 12.5 Å². The Bertz CT molecular complexity index is 84.0. The molecular formula is C10H22O2. The molecule has 0 amide bonds. The van der Waals surface area contributed by atoms with Gasteiger partial charge in [0, 0.05) is 0 Å². The molecule has 0 bridgehead atoms. The zero-order valence-corrected chi connectivity index (χ0v) is 9.13. The van der Waals surface area contributed by atoms with Crippen LogP contribution in [0.3, 0.4) is 0 Å². The Morgan fingerprint density at radius 3 is 1.17 bits per heavy atom. The Hall–Kier alpha value is -0.660. The van der Waals surface area contributed by atoms with Crippen LogP contribution in [-0.4, -0.2) is 12.2 Å². The standard InChI is InChI=1S/C8H16O2.C2H6/c1-7(2)9-5-6-10-8(3)4;1-2/h5-8H,1-4H3;1-2H3. The quantitative estimate of drug-likeness (QED) is 0.609. The van der Waals surface area contributed by atoms with Gasteiger partial charge >= 0.3 is 0 Å². The Morgan fingerprint density at radius 2 is 1.00 bits per heavy atom. The van der Waals surface area contributed by atoms with Gasteiger partial charge in [-0.3, -0.25) is 0 Å². The van der Waals surface area contributed by atoms with Crippen LogP contribution in [-0.2, 0) is 9.47 Å². The van der Waals surface area contributed by atoms with Gasteiger partial charge in [-0.05, 0) is 27.7 Å². The average Bonchev–Trinajstić information content (AvgIpc) is 2.02. The molecule has 0 radical (unpaired) electrons. The fraction of sp³-hybridized carbons (Fsp3) is 0.800. The fourth-order valence-electron chi connectivity index (χ4n) is 0.378. The smallest absolute Gasteiger partial charge is 0.118 e. The van der Waals surface area contributed by atoms with Gasteiger partial charge in [-0.2, -0.15) is 0 Å². The number of hydrogen-bond donors (Lipinski definition) is 0. The molecule has 0 saturated carbocycles. The first-order chi connectivity index (χ1) is 5.63. The minimum atomic E-state index is 0.229. The normalized spacial score (nSPS) is 10.0. The van der Waals surface area contributed by atoms with E-state index in [0.717, 1.165) is 0 Å². The lowest BCUT2D eigenvalue weighted by molar-refractivity contribution is 0.139. The highest BCUT2D eigenvalue weighted by Crippen LogP contribution is 1.91. The van der Waals surface area contributed by atoms with Crippen molar-refractivity contribution in [3.8, 4) is 0 Å². The molecule has 0 N–H and O–H groups in total. The van der Waals surface area contributed by atoms with E-state index >= 15 is 0 Å². The molecule has 0 aromatic rings. The van der Waals surface area contributed by atoms with Crippen LogP contribution in [0.4, 0.5) is 0 Å². The third-order valence-corrected chi connectivity index (χ3v) is 0.757. The first-order valence-corrected chi connectivity index (χ1v) is 4.59. The van der Waals surface area contributed by atoms with Crippen molar-refractivity contribution in [2.45, 2.75) is 53.8 Å². The summed E-state index contributed by atoms with van der Waals surface area (Å²) >= 11 is 0. The lowest BCUT2D eigenvalue weighted by atomic mass is 10.5. The molecule has 2 heteroatoms. The summed E-state index contributed by atoms with van der Waals surface area (Å²) in [4.78, 5) is 0. The molecule has 0 spiro atoms. The first kappa shape index (κ1) is 13.9. The number of rotatable bonds is 4. The first-order valence-electron chi connectivity index (χ1n) is 4.59. The highest BCUT2D eigenvalue weighted by atomic mass is 16.5. The second-order valence-corrected chi connectivity index (χ2v) is 2.64. The zero-order chi connectivity index (χ0) is 9.98. The SMILES string of the molecule is CC.CC(C)OC=COC(C)C. The molecule has 0 unspecified atom stereocenters. The molecule has 12 heavy (non-hydrogen) atoms. The van der Waals surface area contributed by atoms with Crippen molar-refractivity contribution in [1.29, 1.82) is 0 Å². The minimum absolute atomic E-state index is 0.229. The van der Waals surface area contributed by atoms with Gasteiger partial charge in [-0.25, -0.2) is 0 Å². The van der Waals surface area contributed by atoms with E-state index in [2.05, 4.69) is 0 Å². The van der Waals surface area contributed by atoms with Crippen LogP contribution in [0, 0.1) is 0 Å². The van der Waals surface area contributed by atoms with Crippen LogP contribution in [0.25, 0.3) is 0 Å². The van der Waals surface area contributed by atoms with Gasteiger partial charge in [0.1, 0.15) is 12.5 Å². The Morgan fingerprint density at radius 1 is 0.750 bits per heavy atom. The van der Waals surface area contributed by atoms with E-state index in [0.29, 0.717) is 0 Å². The summed E-state index contributed by atoms with van der Waals surface area (Å²) in [6.45, 7) is 11.9. The van der Waals surface area contributed by atoms with Crippen LogP contribution >= 0.6 is 0 Å². The van der Waals surface area contributed by atoms with Crippen molar-refractivity contribution in [3.05, 3.63) is 12.5 Å². The molecular weight excluding hydrogens is 152 g/mol. The van der Waals surface area contributed by atoms with Crippen molar-refractivity contribution in [3.63, 3.8) is 0 Å². The van der Waals surface area contributed by atoms with Crippen molar-refractivity contribution < 1.29 is 9.47 Å². The molecule has 0 atom stereocenters. The highest BCUT2D eigenvalue weighted by molar-refractivity contribution is 4.63. The second-order valence-electron chi connectivity index (χ2n) is 2.64. The van der Waals surface area contributed by atoms with Gasteiger partial charge in [0.2, 0.25) is 0 Å². The van der Waals surface area contributed by atoms with Crippen molar-refractivity contribution in [1.82, 2.24) is 0 Å². The second kappa shape index (κ2) is 10.3. The van der Waals surface area contributed by atoms with E-state index in [4.69, 9.17) is 9.47 Å². The predicted octanol–water partition coefficient (Wildman–Crippen LogP) is 3.33. The molecule has 0 aliphatic carbocycles. The van der Waals surface area contributed by atoms with E-state index in [-0.39, 0.29) is 12.2 Å². The topological polar surface area (TPSA) is 18.5 Å². The lowest BCUT2D eigenvalue weighted by Crippen LogP contribution is -1.98. The summed E-state index contributed by atoms with van der Waals surface area (Å²) in [6, 6.07) is 0. The number of ether oxygens (including phenoxy) is 2. The Balaban J connectivity index is 0. The Labute approximate surface area is 76.6 Å². The summed E-state index contributed by atoms with van der Waals surface area (Å²) in [5, 5.41) is 0. The van der Waals surface area contributed by atoms with Crippen LogP contribution in [0.2, 0.25) is 0 Å². The fourth-order valence-corrected chi connectivity index (χ4v) is 0.378. The molecule has 0 aromatic carbocycles. The van der Waals surface area contributed by atoms with Gasteiger partial charge < -0.3 is 9.47 Å². The number of hydrogen-bond acceptors (Lipinski definition) is 2. The maximum absolute atomic E-state index is 5.09. The van der Waals surface area contributed by atoms with Gasteiger partial charge in [-0.15, -0.1) is 0 Å². The summed E-state index contributed by atoms with van der Waals surface area (Å²) in [6.07, 6.45) is 3.61. The summed E-state index contributed by atoms with van der Waals surface area (Å²) in [7, 11) is 0. The molecule has 0 aromatic heterocycles. The van der Waals surface area contributed by atoms with E-state index in [1.165, 1.54) is 0 Å². The van der Waals surface area contributed by atoms with Crippen molar-refractivity contribution >= 4 is 0 Å². The Kier molecular flexibility index (Phi) is 12.0. The molecule has 0 heterocycles. The van der Waals surface area contributed by atoms with E-state index < -0.39 is 0 Å². The van der Waals surface area contributed by atoms with Crippen LogP contribution < -0.4 is 0 Å². The monoisotopic (exact) mass is 174 g/mol. The summed E-state index contributed by atoms with van der Waals surface area (Å²) in [5.41, 5.74) is 0. The minimum Gasteiger partial charge on any atom is -0.495 e. The molecule has 0 aliphatic rings. The molecule has 0 rings (SSSR count). The van der Waals surface area contributed by atoms with Crippen molar-refractivity contribution in [2.24, 2.45) is 0 Å². The maximum atomic E-state index is 5.09. The lowest BCUT2D eigenvalue weighted by Gasteiger charge is -2.05. The molecule has 74 valence electrons. The molecule has 2 nitrogen and oxygen atoms in total. The molecule has 0 aliphatic heterocycles. The van der Waals surface area contributed by atoms with E-state index in [9.17, 15) is 0 Å². The summed E-state index contributed by atoms with van der Waals surface area (Å²) in [5.74, 6) is 0. The zero-order valence-electron chi connectivity index (χ0n) is 9.13. The van der Waals surface area contributed by atoms with Gasteiger partial charge in [0.05, 0.1) is 12.2 Å². The predicted molar refractivity (Wildman–Crippen MR) is 52.9 cm³/mol. The average molecular weight is 174 g/mol. The van der Waals surface area contributed by atoms with E-state index in [1.807, 2.05) is 41.5 Å². The largest absolute Gasteiger partial charge is 0.495 e. The summed E-state index contributed by atoms with van der Waals surface area (Å²) < 4.78 is 10.2. The van der Waals surface area contributed by atoms with Gasteiger partial charge in [-0.1, -0.05) is 13.8 Å². The van der Waals surface area contributed by atoms with E-state index in [1.54, 1.807) is 12.5 Å². The van der Waals surface area contributed by atoms with Crippen LogP contribution in [0.1, 0.15) is 41.5 Å².